The van der Waals surface area contributed by atoms with Crippen LogP contribution in [0.25, 0.3) is 11.4 Å². The molecule has 2 aromatic rings. The summed E-state index contributed by atoms with van der Waals surface area (Å²) in [4.78, 5) is 32.1. The molecule has 0 N–H and O–H groups in total. The van der Waals surface area contributed by atoms with Crippen LogP contribution in [0.2, 0.25) is 0 Å². The van der Waals surface area contributed by atoms with E-state index < -0.39 is 11.4 Å². The Bertz CT molecular complexity index is 930. The lowest BCUT2D eigenvalue weighted by molar-refractivity contribution is 0.0553. The minimum Gasteiger partial charge on any atom is -0.439 e. The van der Waals surface area contributed by atoms with Gasteiger partial charge >= 0.3 is 6.09 Å². The van der Waals surface area contributed by atoms with Gasteiger partial charge in [-0.1, -0.05) is 6.92 Å². The summed E-state index contributed by atoms with van der Waals surface area (Å²) in [6.45, 7) is 3.88. The predicted molar refractivity (Wildman–Crippen MR) is 98.1 cm³/mol. The highest BCUT2D eigenvalue weighted by Gasteiger charge is 2.49. The second kappa shape index (κ2) is 6.88. The molecule has 0 bridgehead atoms. The summed E-state index contributed by atoms with van der Waals surface area (Å²) in [7, 11) is 1.67. The summed E-state index contributed by atoms with van der Waals surface area (Å²) in [5, 5.41) is 4.16. The smallest absolute Gasteiger partial charge is 0.410 e. The number of benzene rings is 1. The molecule has 1 aromatic carbocycles. The first-order valence-electron chi connectivity index (χ1n) is 9.33. The average molecular weight is 387 g/mol. The zero-order chi connectivity index (χ0) is 19.9. The monoisotopic (exact) mass is 387 g/mol. The Morgan fingerprint density at radius 3 is 2.86 bits per heavy atom. The Kier molecular flexibility index (Phi) is 4.52. The molecule has 1 spiro atoms. The fourth-order valence-electron chi connectivity index (χ4n) is 3.91. The summed E-state index contributed by atoms with van der Waals surface area (Å²) in [6.07, 6.45) is 2.48. The number of amides is 2. The van der Waals surface area contributed by atoms with E-state index in [4.69, 9.17) is 4.74 Å². The summed E-state index contributed by atoms with van der Waals surface area (Å²) in [5.74, 6) is -0.266. The lowest BCUT2D eigenvalue weighted by atomic mass is 10.0. The van der Waals surface area contributed by atoms with Gasteiger partial charge in [0.25, 0.3) is 5.91 Å². The maximum atomic E-state index is 14.3. The van der Waals surface area contributed by atoms with E-state index in [2.05, 4.69) is 10.1 Å². The Morgan fingerprint density at radius 2 is 2.14 bits per heavy atom. The molecule has 2 saturated heterocycles. The molecule has 28 heavy (non-hydrogen) atoms. The number of carbonyl (C=O) groups excluding carboxylic acids is 2. The van der Waals surface area contributed by atoms with Crippen LogP contribution in [0.1, 0.15) is 30.1 Å². The highest BCUT2D eigenvalue weighted by Crippen LogP contribution is 2.33. The normalized spacial score (nSPS) is 21.6. The van der Waals surface area contributed by atoms with Crippen molar-refractivity contribution >= 4 is 12.0 Å². The van der Waals surface area contributed by atoms with E-state index >= 15 is 0 Å². The topological polar surface area (TPSA) is 80.6 Å². The maximum absolute atomic E-state index is 14.3. The molecule has 9 heteroatoms. The van der Waals surface area contributed by atoms with Gasteiger partial charge in [0.15, 0.2) is 11.4 Å². The maximum Gasteiger partial charge on any atom is 0.410 e. The standard InChI is InChI=1S/C19H22FN5O3/c1-3-5-25-16(21-12-22-25)13-7-14(9-15(20)8-13)17(26)24-6-4-19(11-24)10-23(2)18(27)28-19/h7-9,12H,3-6,10-11H2,1-2H3. The number of aryl methyl sites for hydroxylation is 1. The van der Waals surface area contributed by atoms with Crippen LogP contribution in [0.5, 0.6) is 0 Å². The molecular weight excluding hydrogens is 365 g/mol. The third-order valence-corrected chi connectivity index (χ3v) is 5.20. The van der Waals surface area contributed by atoms with Gasteiger partial charge in [0.1, 0.15) is 12.1 Å². The molecule has 2 aliphatic rings. The van der Waals surface area contributed by atoms with Crippen molar-refractivity contribution in [3.05, 3.63) is 35.9 Å². The second-order valence-electron chi connectivity index (χ2n) is 7.42. The number of hydrogen-bond acceptors (Lipinski definition) is 5. The Morgan fingerprint density at radius 1 is 1.32 bits per heavy atom. The van der Waals surface area contributed by atoms with Gasteiger partial charge in [-0.15, -0.1) is 0 Å². The zero-order valence-corrected chi connectivity index (χ0v) is 15.9. The number of carbonyl (C=O) groups is 2. The van der Waals surface area contributed by atoms with Gasteiger partial charge in [0, 0.05) is 37.7 Å². The van der Waals surface area contributed by atoms with Crippen LogP contribution in [-0.4, -0.2) is 68.8 Å². The van der Waals surface area contributed by atoms with E-state index in [0.717, 1.165) is 6.42 Å². The van der Waals surface area contributed by atoms with E-state index in [0.29, 0.717) is 44.0 Å². The first-order chi connectivity index (χ1) is 13.4. The molecule has 0 saturated carbocycles. The molecule has 1 atom stereocenters. The minimum atomic E-state index is -0.668. The average Bonchev–Trinajstić information content (AvgIpc) is 3.34. The largest absolute Gasteiger partial charge is 0.439 e. The van der Waals surface area contributed by atoms with Crippen LogP contribution in [0.4, 0.5) is 9.18 Å². The molecule has 3 heterocycles. The molecule has 148 valence electrons. The summed E-state index contributed by atoms with van der Waals surface area (Å²) in [5.41, 5.74) is 0.0879. The van der Waals surface area contributed by atoms with Crippen LogP contribution >= 0.6 is 0 Å². The molecule has 0 radical (unpaired) electrons. The van der Waals surface area contributed by atoms with Gasteiger partial charge in [-0.25, -0.2) is 18.9 Å². The van der Waals surface area contributed by atoms with Gasteiger partial charge < -0.3 is 14.5 Å². The summed E-state index contributed by atoms with van der Waals surface area (Å²) >= 11 is 0. The molecule has 2 aliphatic heterocycles. The Balaban J connectivity index is 1.58. The number of aromatic nitrogens is 3. The number of rotatable bonds is 4. The highest BCUT2D eigenvalue weighted by atomic mass is 19.1. The van der Waals surface area contributed by atoms with Gasteiger partial charge in [-0.05, 0) is 24.6 Å². The van der Waals surface area contributed by atoms with Crippen LogP contribution in [-0.2, 0) is 11.3 Å². The Hall–Kier alpha value is -2.97. The van der Waals surface area contributed by atoms with Crippen molar-refractivity contribution in [3.8, 4) is 11.4 Å². The number of likely N-dealkylation sites (tertiary alicyclic amines) is 1. The van der Waals surface area contributed by atoms with Crippen LogP contribution < -0.4 is 0 Å². The van der Waals surface area contributed by atoms with E-state index in [1.165, 1.54) is 23.4 Å². The summed E-state index contributed by atoms with van der Waals surface area (Å²) in [6, 6.07) is 4.22. The van der Waals surface area contributed by atoms with Gasteiger partial charge in [-0.2, -0.15) is 5.10 Å². The summed E-state index contributed by atoms with van der Waals surface area (Å²) < 4.78 is 21.5. The molecule has 2 fully saturated rings. The van der Waals surface area contributed by atoms with Crippen molar-refractivity contribution in [2.24, 2.45) is 0 Å². The lowest BCUT2D eigenvalue weighted by Gasteiger charge is -2.22. The molecule has 8 nitrogen and oxygen atoms in total. The van der Waals surface area contributed by atoms with E-state index in [-0.39, 0.29) is 17.6 Å². The second-order valence-corrected chi connectivity index (χ2v) is 7.42. The minimum absolute atomic E-state index is 0.246. The number of nitrogens with zero attached hydrogens (tertiary/aromatic N) is 5. The lowest BCUT2D eigenvalue weighted by Crippen LogP contribution is -2.39. The fourth-order valence-corrected chi connectivity index (χ4v) is 3.91. The van der Waals surface area contributed by atoms with Crippen LogP contribution in [0, 0.1) is 5.82 Å². The van der Waals surface area contributed by atoms with E-state index in [1.807, 2.05) is 6.92 Å². The third-order valence-electron chi connectivity index (χ3n) is 5.20. The van der Waals surface area contributed by atoms with Gasteiger partial charge in [0.05, 0.1) is 13.1 Å². The van der Waals surface area contributed by atoms with E-state index in [1.54, 1.807) is 22.7 Å². The SMILES string of the molecule is CCCn1ncnc1-c1cc(F)cc(C(=O)N2CCC3(CN(C)C(=O)O3)C2)c1. The number of likely N-dealkylation sites (N-methyl/N-ethyl adjacent to an activating group) is 1. The zero-order valence-electron chi connectivity index (χ0n) is 15.9. The number of hydrogen-bond donors (Lipinski definition) is 0. The molecule has 1 unspecified atom stereocenters. The number of halogens is 1. The van der Waals surface area contributed by atoms with Crippen molar-refractivity contribution in [2.75, 3.05) is 26.7 Å². The van der Waals surface area contributed by atoms with Gasteiger partial charge in [-0.3, -0.25) is 4.79 Å². The molecule has 2 amide bonds. The van der Waals surface area contributed by atoms with Crippen molar-refractivity contribution in [1.29, 1.82) is 0 Å². The fraction of sp³-hybridized carbons (Fsp3) is 0.474. The molecular formula is C19H22FN5O3. The van der Waals surface area contributed by atoms with Crippen molar-refractivity contribution in [2.45, 2.75) is 31.9 Å². The highest BCUT2D eigenvalue weighted by molar-refractivity contribution is 5.95. The number of ether oxygens (including phenoxy) is 1. The van der Waals surface area contributed by atoms with Crippen molar-refractivity contribution < 1.29 is 18.7 Å². The Labute approximate surface area is 161 Å². The predicted octanol–water partition coefficient (Wildman–Crippen LogP) is 2.16. The molecule has 1 aromatic heterocycles. The van der Waals surface area contributed by atoms with Crippen molar-refractivity contribution in [3.63, 3.8) is 0 Å². The van der Waals surface area contributed by atoms with Crippen molar-refractivity contribution in [1.82, 2.24) is 24.6 Å². The van der Waals surface area contributed by atoms with Gasteiger partial charge in [0.2, 0.25) is 0 Å². The first-order valence-corrected chi connectivity index (χ1v) is 9.33. The first kappa shape index (κ1) is 18.4. The van der Waals surface area contributed by atoms with E-state index in [9.17, 15) is 14.0 Å². The molecule has 0 aliphatic carbocycles. The molecule has 4 rings (SSSR count). The van der Waals surface area contributed by atoms with Crippen LogP contribution in [0.3, 0.4) is 0 Å². The van der Waals surface area contributed by atoms with Crippen LogP contribution in [0.15, 0.2) is 24.5 Å². The third kappa shape index (κ3) is 3.21. The quantitative estimate of drug-likeness (QED) is 0.803.